The van der Waals surface area contributed by atoms with E-state index >= 15 is 0 Å². The zero-order valence-corrected chi connectivity index (χ0v) is 37.1. The number of quaternary nitrogens is 1. The van der Waals surface area contributed by atoms with Crippen molar-refractivity contribution in [2.45, 2.75) is 227 Å². The van der Waals surface area contributed by atoms with Gasteiger partial charge in [0, 0.05) is 12.8 Å². The number of likely N-dealkylation sites (N-methyl/N-ethyl adjacent to an activating group) is 1. The lowest BCUT2D eigenvalue weighted by Crippen LogP contribution is -2.50. The Morgan fingerprint density at radius 1 is 0.500 bits per heavy atom. The van der Waals surface area contributed by atoms with Crippen molar-refractivity contribution in [1.82, 2.24) is 0 Å². The molecule has 0 aromatic heterocycles. The summed E-state index contributed by atoms with van der Waals surface area (Å²) in [4.78, 5) is 35.7. The molecule has 0 aliphatic heterocycles. The zero-order chi connectivity index (χ0) is 40.0. The van der Waals surface area contributed by atoms with Crippen LogP contribution in [0.2, 0.25) is 0 Å². The summed E-state index contributed by atoms with van der Waals surface area (Å²) in [5.74, 6) is -0.774. The second kappa shape index (κ2) is 37.6. The SMILES string of the molecule is CCCCCCCCCCCCCCCC(=O)OCC(COP(=O)(O)OCC[N+](CC)(CC)CCC)OC(=O)CCCCCCCCCCCCCCC. The average Bonchev–Trinajstić information content (AvgIpc) is 3.16. The highest BCUT2D eigenvalue weighted by Crippen LogP contribution is 2.43. The fourth-order valence-electron chi connectivity index (χ4n) is 7.20. The number of nitrogens with zero attached hydrogens (tertiary/aromatic N) is 1. The molecule has 0 saturated carbocycles. The summed E-state index contributed by atoms with van der Waals surface area (Å²) >= 11 is 0. The van der Waals surface area contributed by atoms with Crippen LogP contribution in [0.1, 0.15) is 221 Å². The fraction of sp³-hybridized carbons (Fsp3) is 0.955. The first-order valence-electron chi connectivity index (χ1n) is 23.0. The molecule has 10 heteroatoms. The van der Waals surface area contributed by atoms with Crippen molar-refractivity contribution in [2.75, 3.05) is 46.0 Å². The summed E-state index contributed by atoms with van der Waals surface area (Å²) in [5.41, 5.74) is 0. The lowest BCUT2D eigenvalue weighted by molar-refractivity contribution is -0.925. The van der Waals surface area contributed by atoms with Crippen molar-refractivity contribution >= 4 is 19.8 Å². The maximum atomic E-state index is 12.8. The van der Waals surface area contributed by atoms with Crippen LogP contribution < -0.4 is 0 Å². The lowest BCUT2D eigenvalue weighted by Gasteiger charge is -2.36. The van der Waals surface area contributed by atoms with Gasteiger partial charge in [-0.1, -0.05) is 175 Å². The van der Waals surface area contributed by atoms with Crippen LogP contribution in [0, 0.1) is 0 Å². The van der Waals surface area contributed by atoms with E-state index in [1.807, 2.05) is 0 Å². The van der Waals surface area contributed by atoms with E-state index in [9.17, 15) is 19.0 Å². The third kappa shape index (κ3) is 33.2. The Kier molecular flexibility index (Phi) is 36.9. The number of carbonyl (C=O) groups excluding carboxylic acids is 2. The minimum Gasteiger partial charge on any atom is -0.462 e. The summed E-state index contributed by atoms with van der Waals surface area (Å²) in [6.45, 7) is 13.7. The first-order valence-corrected chi connectivity index (χ1v) is 24.5. The van der Waals surface area contributed by atoms with Gasteiger partial charge >= 0.3 is 19.8 Å². The molecule has 0 rings (SSSR count). The summed E-state index contributed by atoms with van der Waals surface area (Å²) in [5, 5.41) is 0. The molecule has 0 radical (unpaired) electrons. The number of unbranched alkanes of at least 4 members (excludes halogenated alkanes) is 24. The first kappa shape index (κ1) is 53.0. The summed E-state index contributed by atoms with van der Waals surface area (Å²) in [6, 6.07) is 0. The van der Waals surface area contributed by atoms with E-state index in [0.717, 1.165) is 69.1 Å². The Hall–Kier alpha value is -0.990. The van der Waals surface area contributed by atoms with Crippen molar-refractivity contribution in [3.63, 3.8) is 0 Å². The van der Waals surface area contributed by atoms with Crippen molar-refractivity contribution in [1.29, 1.82) is 0 Å². The van der Waals surface area contributed by atoms with Gasteiger partial charge in [0.15, 0.2) is 6.10 Å². The third-order valence-electron chi connectivity index (χ3n) is 11.0. The third-order valence-corrected chi connectivity index (χ3v) is 12.0. The van der Waals surface area contributed by atoms with Crippen LogP contribution in [-0.4, -0.2) is 73.4 Å². The minimum absolute atomic E-state index is 0.0765. The zero-order valence-electron chi connectivity index (χ0n) is 36.2. The van der Waals surface area contributed by atoms with Crippen LogP contribution in [0.25, 0.3) is 0 Å². The molecule has 54 heavy (non-hydrogen) atoms. The summed E-state index contributed by atoms with van der Waals surface area (Å²) < 4.78 is 35.3. The normalized spacial score (nSPS) is 13.5. The van der Waals surface area contributed by atoms with Gasteiger partial charge in [-0.3, -0.25) is 18.6 Å². The predicted molar refractivity (Wildman–Crippen MR) is 225 cm³/mol. The van der Waals surface area contributed by atoms with Gasteiger partial charge in [-0.25, -0.2) is 4.57 Å². The maximum Gasteiger partial charge on any atom is 0.472 e. The van der Waals surface area contributed by atoms with E-state index in [0.29, 0.717) is 13.0 Å². The smallest absolute Gasteiger partial charge is 0.462 e. The number of phosphoric ester groups is 1. The summed E-state index contributed by atoms with van der Waals surface area (Å²) in [6.07, 6.45) is 32.4. The average molecular weight is 791 g/mol. The first-order chi connectivity index (χ1) is 26.2. The highest BCUT2D eigenvalue weighted by molar-refractivity contribution is 7.47. The molecule has 9 nitrogen and oxygen atoms in total. The molecule has 0 saturated heterocycles. The Bertz CT molecular complexity index is 900. The molecule has 2 unspecified atom stereocenters. The van der Waals surface area contributed by atoms with Crippen LogP contribution in [0.4, 0.5) is 0 Å². The van der Waals surface area contributed by atoms with Crippen LogP contribution in [-0.2, 0) is 32.7 Å². The second-order valence-corrected chi connectivity index (χ2v) is 17.3. The van der Waals surface area contributed by atoms with E-state index < -0.39 is 19.9 Å². The van der Waals surface area contributed by atoms with Gasteiger partial charge in [-0.05, 0) is 33.1 Å². The highest BCUT2D eigenvalue weighted by Gasteiger charge is 2.29. The quantitative estimate of drug-likeness (QED) is 0.0282. The molecular formula is C44H89NO8P+. The van der Waals surface area contributed by atoms with E-state index in [-0.39, 0.29) is 32.2 Å². The molecule has 0 aliphatic rings. The van der Waals surface area contributed by atoms with Crippen LogP contribution in [0.5, 0.6) is 0 Å². The van der Waals surface area contributed by atoms with Gasteiger partial charge in [0.05, 0.1) is 26.2 Å². The molecule has 0 aromatic carbocycles. The lowest BCUT2D eigenvalue weighted by atomic mass is 10.0. The molecule has 0 amide bonds. The molecule has 0 aromatic rings. The summed E-state index contributed by atoms with van der Waals surface area (Å²) in [7, 11) is -4.40. The maximum absolute atomic E-state index is 12.8. The van der Waals surface area contributed by atoms with Crippen molar-refractivity contribution in [3.8, 4) is 0 Å². The molecule has 0 spiro atoms. The molecule has 0 bridgehead atoms. The van der Waals surface area contributed by atoms with E-state index in [2.05, 4.69) is 34.6 Å². The molecule has 322 valence electrons. The van der Waals surface area contributed by atoms with Gasteiger partial charge < -0.3 is 18.9 Å². The Morgan fingerprint density at radius 3 is 1.28 bits per heavy atom. The van der Waals surface area contributed by atoms with Gasteiger partial charge in [0.25, 0.3) is 0 Å². The van der Waals surface area contributed by atoms with Crippen molar-refractivity contribution < 1.29 is 42.1 Å². The van der Waals surface area contributed by atoms with Crippen molar-refractivity contribution in [2.24, 2.45) is 0 Å². The van der Waals surface area contributed by atoms with Gasteiger partial charge in [0.1, 0.15) is 19.8 Å². The van der Waals surface area contributed by atoms with E-state index in [1.54, 1.807) is 0 Å². The fourth-order valence-corrected chi connectivity index (χ4v) is 7.94. The van der Waals surface area contributed by atoms with E-state index in [4.69, 9.17) is 18.5 Å². The molecule has 0 fully saturated rings. The van der Waals surface area contributed by atoms with Crippen molar-refractivity contribution in [3.05, 3.63) is 0 Å². The number of carbonyl (C=O) groups is 2. The van der Waals surface area contributed by atoms with Gasteiger partial charge in [0.2, 0.25) is 0 Å². The number of rotatable bonds is 42. The second-order valence-electron chi connectivity index (χ2n) is 15.8. The molecule has 1 N–H and O–H groups in total. The molecule has 0 aliphatic carbocycles. The Balaban J connectivity index is 4.60. The Morgan fingerprint density at radius 2 is 0.889 bits per heavy atom. The number of ether oxygens (including phenoxy) is 2. The molecular weight excluding hydrogens is 701 g/mol. The highest BCUT2D eigenvalue weighted by atomic mass is 31.2. The number of hydrogen-bond donors (Lipinski definition) is 1. The minimum atomic E-state index is -4.40. The van der Waals surface area contributed by atoms with Crippen LogP contribution >= 0.6 is 7.82 Å². The standard InChI is InChI=1S/C44H88NO8P/c1-6-11-13-15-17-19-21-23-25-27-29-31-33-35-43(46)50-40-42(41-52-54(48,49)51-39-38-45(9-4,10-5)37-8-3)53-44(47)36-34-32-30-28-26-24-22-20-18-16-14-12-7-2/h42H,6-41H2,1-5H3/p+1. The topological polar surface area (TPSA) is 108 Å². The van der Waals surface area contributed by atoms with Crippen LogP contribution in [0.3, 0.4) is 0 Å². The molecule has 0 heterocycles. The van der Waals surface area contributed by atoms with Gasteiger partial charge in [-0.15, -0.1) is 0 Å². The number of phosphoric acid groups is 1. The number of esters is 2. The Labute approximate surface area is 334 Å². The largest absolute Gasteiger partial charge is 0.472 e. The van der Waals surface area contributed by atoms with Gasteiger partial charge in [-0.2, -0.15) is 0 Å². The van der Waals surface area contributed by atoms with Crippen LogP contribution in [0.15, 0.2) is 0 Å². The van der Waals surface area contributed by atoms with E-state index in [1.165, 1.54) is 128 Å². The number of hydrogen-bond acceptors (Lipinski definition) is 7. The molecule has 2 atom stereocenters. The monoisotopic (exact) mass is 791 g/mol. The predicted octanol–water partition coefficient (Wildman–Crippen LogP) is 12.8.